The van der Waals surface area contributed by atoms with E-state index in [1.54, 1.807) is 7.11 Å². The maximum Gasteiger partial charge on any atom is 0.150 e. The first-order chi connectivity index (χ1) is 16.0. The van der Waals surface area contributed by atoms with Crippen molar-refractivity contribution in [2.24, 2.45) is 0 Å². The molecule has 0 amide bonds. The Morgan fingerprint density at radius 1 is 0.879 bits per heavy atom. The monoisotopic (exact) mass is 445 g/mol. The van der Waals surface area contributed by atoms with Crippen molar-refractivity contribution >= 4 is 27.6 Å². The van der Waals surface area contributed by atoms with E-state index >= 15 is 0 Å². The second kappa shape index (κ2) is 10.6. The molecule has 0 atom stereocenters. The number of rotatable bonds is 10. The second-order valence-corrected chi connectivity index (χ2v) is 8.30. The first-order valence-electron chi connectivity index (χ1n) is 11.3. The van der Waals surface area contributed by atoms with E-state index in [0.29, 0.717) is 32.2 Å². The summed E-state index contributed by atoms with van der Waals surface area (Å²) in [7, 11) is 1.66. The Bertz CT molecular complexity index is 1260. The van der Waals surface area contributed by atoms with Crippen molar-refractivity contribution in [2.45, 2.75) is 26.7 Å². The molecule has 33 heavy (non-hydrogen) atoms. The topological polar surface area (TPSA) is 79.5 Å². The summed E-state index contributed by atoms with van der Waals surface area (Å²) >= 11 is 0. The number of aromatic nitrogens is 2. The van der Waals surface area contributed by atoms with Crippen LogP contribution in [0.1, 0.15) is 22.3 Å². The molecular formula is C27H31N3O3. The van der Waals surface area contributed by atoms with Gasteiger partial charge in [0.1, 0.15) is 17.9 Å². The number of hydrogen-bond acceptors (Lipinski definition) is 6. The average molecular weight is 446 g/mol. The fourth-order valence-electron chi connectivity index (χ4n) is 3.98. The van der Waals surface area contributed by atoms with Crippen molar-refractivity contribution in [3.05, 3.63) is 70.9 Å². The van der Waals surface area contributed by atoms with Gasteiger partial charge in [-0.25, -0.2) is 4.98 Å². The highest BCUT2D eigenvalue weighted by molar-refractivity contribution is 6.08. The highest BCUT2D eigenvalue weighted by Gasteiger charge is 2.10. The van der Waals surface area contributed by atoms with E-state index in [1.165, 1.54) is 22.3 Å². The molecular weight excluding hydrogens is 414 g/mol. The maximum absolute atomic E-state index is 6.19. The average Bonchev–Trinajstić information content (AvgIpc) is 2.80. The third-order valence-electron chi connectivity index (χ3n) is 5.80. The molecule has 2 heterocycles. The van der Waals surface area contributed by atoms with Crippen molar-refractivity contribution in [1.29, 1.82) is 0 Å². The van der Waals surface area contributed by atoms with E-state index in [2.05, 4.69) is 60.2 Å². The quantitative estimate of drug-likeness (QED) is 0.279. The molecule has 0 unspecified atom stereocenters. The highest BCUT2D eigenvalue weighted by atomic mass is 16.5. The molecule has 0 saturated carbocycles. The lowest BCUT2D eigenvalue weighted by Gasteiger charge is -2.12. The van der Waals surface area contributed by atoms with Crippen LogP contribution in [0.5, 0.6) is 5.75 Å². The van der Waals surface area contributed by atoms with E-state index in [-0.39, 0.29) is 0 Å². The van der Waals surface area contributed by atoms with Crippen LogP contribution in [0.3, 0.4) is 0 Å². The van der Waals surface area contributed by atoms with Crippen molar-refractivity contribution in [3.8, 4) is 5.75 Å². The van der Waals surface area contributed by atoms with Gasteiger partial charge in [-0.3, -0.25) is 4.98 Å². The zero-order valence-corrected chi connectivity index (χ0v) is 19.6. The number of anilines is 1. The molecule has 0 aliphatic carbocycles. The molecule has 0 aliphatic heterocycles. The summed E-state index contributed by atoms with van der Waals surface area (Å²) in [5.74, 6) is 1.34. The molecule has 2 aromatic carbocycles. The Balaban J connectivity index is 1.43. The van der Waals surface area contributed by atoms with Gasteiger partial charge in [0, 0.05) is 24.1 Å². The molecule has 4 rings (SSSR count). The third kappa shape index (κ3) is 5.59. The van der Waals surface area contributed by atoms with Crippen LogP contribution in [0.2, 0.25) is 0 Å². The van der Waals surface area contributed by atoms with E-state index in [0.717, 1.165) is 40.4 Å². The highest BCUT2D eigenvalue weighted by Crippen LogP contribution is 2.28. The minimum Gasteiger partial charge on any atom is -0.491 e. The van der Waals surface area contributed by atoms with Crippen molar-refractivity contribution in [2.75, 3.05) is 39.3 Å². The number of ether oxygens (including phenoxy) is 3. The number of nitrogen functional groups attached to an aromatic ring is 1. The molecule has 0 bridgehead atoms. The summed E-state index contributed by atoms with van der Waals surface area (Å²) < 4.78 is 16.2. The summed E-state index contributed by atoms with van der Waals surface area (Å²) in [4.78, 5) is 9.17. The lowest BCUT2D eigenvalue weighted by Crippen LogP contribution is -2.10. The fourth-order valence-corrected chi connectivity index (χ4v) is 3.98. The number of nitrogens with two attached hydrogens (primary N) is 1. The van der Waals surface area contributed by atoms with E-state index in [1.807, 2.05) is 12.3 Å². The van der Waals surface area contributed by atoms with Gasteiger partial charge in [-0.05, 0) is 73.2 Å². The first kappa shape index (κ1) is 23.0. The molecule has 2 aromatic heterocycles. The van der Waals surface area contributed by atoms with E-state index in [4.69, 9.17) is 19.9 Å². The summed E-state index contributed by atoms with van der Waals surface area (Å²) in [5.41, 5.74) is 12.7. The van der Waals surface area contributed by atoms with Gasteiger partial charge in [0.15, 0.2) is 5.82 Å². The molecule has 0 radical (unpaired) electrons. The standard InChI is InChI=1S/C27H31N3O3/c1-18-4-9-23-24-16-20(17-29-26(24)27(28)30-25(23)14-18)5-6-21-7-8-22(15-19(21)2)33-13-12-32-11-10-31-3/h4,7-9,14-17H,5-6,10-13H2,1-3H3,(H2,28,30). The number of nitrogens with zero attached hydrogens (tertiary/aromatic N) is 2. The molecule has 6 nitrogen and oxygen atoms in total. The van der Waals surface area contributed by atoms with Crippen LogP contribution in [0.25, 0.3) is 21.8 Å². The Morgan fingerprint density at radius 2 is 1.73 bits per heavy atom. The molecule has 172 valence electrons. The predicted octanol–water partition coefficient (Wildman–Crippen LogP) is 4.81. The number of fused-ring (bicyclic) bond motifs is 3. The zero-order valence-electron chi connectivity index (χ0n) is 19.6. The smallest absolute Gasteiger partial charge is 0.150 e. The van der Waals surface area contributed by atoms with Crippen LogP contribution in [0, 0.1) is 13.8 Å². The van der Waals surface area contributed by atoms with E-state index < -0.39 is 0 Å². The Morgan fingerprint density at radius 3 is 2.55 bits per heavy atom. The third-order valence-corrected chi connectivity index (χ3v) is 5.80. The molecule has 0 saturated heterocycles. The lowest BCUT2D eigenvalue weighted by molar-refractivity contribution is 0.0544. The summed E-state index contributed by atoms with van der Waals surface area (Å²) in [5, 5.41) is 2.14. The Hall–Kier alpha value is -3.22. The maximum atomic E-state index is 6.19. The number of methoxy groups -OCH3 is 1. The SMILES string of the molecule is COCCOCCOc1ccc(CCc2cnc3c(N)nc4cc(C)ccc4c3c2)c(C)c1. The van der Waals surface area contributed by atoms with Crippen LogP contribution < -0.4 is 10.5 Å². The van der Waals surface area contributed by atoms with Gasteiger partial charge < -0.3 is 19.9 Å². The van der Waals surface area contributed by atoms with Gasteiger partial charge >= 0.3 is 0 Å². The van der Waals surface area contributed by atoms with Crippen LogP contribution in [-0.4, -0.2) is 43.5 Å². The van der Waals surface area contributed by atoms with Gasteiger partial charge in [0.05, 0.1) is 25.3 Å². The predicted molar refractivity (Wildman–Crippen MR) is 133 cm³/mol. The minimum atomic E-state index is 0.477. The minimum absolute atomic E-state index is 0.477. The van der Waals surface area contributed by atoms with Crippen LogP contribution in [0.15, 0.2) is 48.7 Å². The molecule has 6 heteroatoms. The van der Waals surface area contributed by atoms with Gasteiger partial charge in [-0.2, -0.15) is 0 Å². The summed E-state index contributed by atoms with van der Waals surface area (Å²) in [6.45, 7) is 6.44. The first-order valence-corrected chi connectivity index (χ1v) is 11.3. The van der Waals surface area contributed by atoms with Crippen molar-refractivity contribution < 1.29 is 14.2 Å². The Kier molecular flexibility index (Phi) is 7.37. The van der Waals surface area contributed by atoms with Crippen LogP contribution >= 0.6 is 0 Å². The largest absolute Gasteiger partial charge is 0.491 e. The number of pyridine rings is 2. The molecule has 0 spiro atoms. The number of aryl methyl sites for hydroxylation is 4. The van der Waals surface area contributed by atoms with Crippen LogP contribution in [0.4, 0.5) is 5.82 Å². The molecule has 2 N–H and O–H groups in total. The van der Waals surface area contributed by atoms with Gasteiger partial charge in [-0.15, -0.1) is 0 Å². The normalized spacial score (nSPS) is 11.4. The van der Waals surface area contributed by atoms with Gasteiger partial charge in [0.2, 0.25) is 0 Å². The molecule has 4 aromatic rings. The van der Waals surface area contributed by atoms with Crippen molar-refractivity contribution in [3.63, 3.8) is 0 Å². The van der Waals surface area contributed by atoms with Gasteiger partial charge in [-0.1, -0.05) is 18.2 Å². The van der Waals surface area contributed by atoms with Crippen molar-refractivity contribution in [1.82, 2.24) is 9.97 Å². The zero-order chi connectivity index (χ0) is 23.2. The van der Waals surface area contributed by atoms with Gasteiger partial charge in [0.25, 0.3) is 0 Å². The summed E-state index contributed by atoms with van der Waals surface area (Å²) in [6.07, 6.45) is 3.74. The molecule has 0 fully saturated rings. The summed E-state index contributed by atoms with van der Waals surface area (Å²) in [6, 6.07) is 14.7. The van der Waals surface area contributed by atoms with Crippen LogP contribution in [-0.2, 0) is 22.3 Å². The molecule has 0 aliphatic rings. The number of hydrogen-bond donors (Lipinski definition) is 1. The number of benzene rings is 2. The second-order valence-electron chi connectivity index (χ2n) is 8.30. The fraction of sp³-hybridized carbons (Fsp3) is 0.333. The van der Waals surface area contributed by atoms with E-state index in [9.17, 15) is 0 Å². The lowest BCUT2D eigenvalue weighted by atomic mass is 9.99. The Labute approximate surface area is 194 Å².